The maximum atomic E-state index is 5.93. The van der Waals surface area contributed by atoms with Gasteiger partial charge in [0.25, 0.3) is 0 Å². The number of nitrogens with zero attached hydrogens (tertiary/aromatic N) is 4. The molecule has 0 spiro atoms. The third-order valence-corrected chi connectivity index (χ3v) is 3.28. The third kappa shape index (κ3) is 2.76. The molecule has 0 aromatic heterocycles. The van der Waals surface area contributed by atoms with E-state index >= 15 is 0 Å². The fourth-order valence-electron chi connectivity index (χ4n) is 2.02. The van der Waals surface area contributed by atoms with Gasteiger partial charge in [-0.2, -0.15) is 10.1 Å². The van der Waals surface area contributed by atoms with Crippen molar-refractivity contribution < 1.29 is 28.8 Å². The molecule has 130 valence electrons. The Hall–Kier alpha value is -0.740. The van der Waals surface area contributed by atoms with Gasteiger partial charge in [-0.1, -0.05) is 17.3 Å². The summed E-state index contributed by atoms with van der Waals surface area (Å²) in [6, 6.07) is 0. The summed E-state index contributed by atoms with van der Waals surface area (Å²) in [7, 11) is 8.13. The molecule has 0 radical (unpaired) electrons. The molecule has 0 fully saturated rings. The molecule has 0 aliphatic carbocycles. The number of hydroxylamine groups is 6. The first-order valence-corrected chi connectivity index (χ1v) is 6.31. The maximum Gasteiger partial charge on any atom is 0.350 e. The number of methoxy groups -OCH3 is 2. The molecule has 0 aromatic carbocycles. The second-order valence-corrected chi connectivity index (χ2v) is 4.14. The van der Waals surface area contributed by atoms with Gasteiger partial charge in [-0.3, -0.25) is 19.4 Å². The lowest BCUT2D eigenvalue weighted by atomic mass is 10.5. The van der Waals surface area contributed by atoms with Crippen molar-refractivity contribution in [2.45, 2.75) is 11.9 Å². The Morgan fingerprint density at radius 2 is 1.77 bits per heavy atom. The second-order valence-electron chi connectivity index (χ2n) is 3.78. The van der Waals surface area contributed by atoms with Gasteiger partial charge < -0.3 is 15.2 Å². The van der Waals surface area contributed by atoms with Gasteiger partial charge in [-0.05, 0) is 5.06 Å². The van der Waals surface area contributed by atoms with Crippen LogP contribution in [-0.2, 0) is 28.8 Å². The van der Waals surface area contributed by atoms with Crippen molar-refractivity contribution in [3.8, 4) is 0 Å². The lowest BCUT2D eigenvalue weighted by molar-refractivity contribution is -0.518. The predicted molar refractivity (Wildman–Crippen MR) is 76.8 cm³/mol. The van der Waals surface area contributed by atoms with Crippen LogP contribution in [0.25, 0.3) is 0 Å². The van der Waals surface area contributed by atoms with Gasteiger partial charge in [0.2, 0.25) is 5.96 Å². The number of thiol groups is 1. The van der Waals surface area contributed by atoms with Crippen molar-refractivity contribution in [2.24, 2.45) is 10.7 Å². The van der Waals surface area contributed by atoms with Crippen LogP contribution in [0.5, 0.6) is 0 Å². The van der Waals surface area contributed by atoms with Gasteiger partial charge >= 0.3 is 11.9 Å². The Bertz CT molecular complexity index is 405. The fraction of sp³-hybridized carbons (Fsp3) is 0.889. The average molecular weight is 342 g/mol. The summed E-state index contributed by atoms with van der Waals surface area (Å²) in [4.78, 5) is 24.7. The summed E-state index contributed by atoms with van der Waals surface area (Å²) in [5.74, 6) is -3.59. The fourth-order valence-corrected chi connectivity index (χ4v) is 2.26. The van der Waals surface area contributed by atoms with Crippen LogP contribution in [0.15, 0.2) is 4.99 Å². The highest BCUT2D eigenvalue weighted by atomic mass is 32.1. The van der Waals surface area contributed by atoms with E-state index in [4.69, 9.17) is 34.6 Å². The Labute approximate surface area is 134 Å². The van der Waals surface area contributed by atoms with Gasteiger partial charge in [-0.25, -0.2) is 0 Å². The van der Waals surface area contributed by atoms with Crippen molar-refractivity contribution >= 4 is 18.8 Å². The number of hydrogen-bond acceptors (Lipinski definition) is 13. The zero-order chi connectivity index (χ0) is 17.0. The van der Waals surface area contributed by atoms with E-state index in [0.717, 1.165) is 14.6 Å². The van der Waals surface area contributed by atoms with Crippen LogP contribution < -0.4 is 11.2 Å². The van der Waals surface area contributed by atoms with Crippen molar-refractivity contribution in [2.75, 3.05) is 42.7 Å². The summed E-state index contributed by atoms with van der Waals surface area (Å²) in [6.45, 7) is 0. The van der Waals surface area contributed by atoms with Crippen molar-refractivity contribution in [3.05, 3.63) is 0 Å². The van der Waals surface area contributed by atoms with Crippen LogP contribution >= 0.6 is 12.8 Å². The number of nitrogens with two attached hydrogens (primary N) is 1. The number of aliphatic imine (C=N–C) groups is 1. The SMILES string of the molecule is CONC1(OC)N=C(N)N(OC)C(OC)(N(S)OC)N1OC. The Kier molecular flexibility index (Phi) is 6.75. The summed E-state index contributed by atoms with van der Waals surface area (Å²) < 4.78 is 11.8. The Morgan fingerprint density at radius 1 is 1.14 bits per heavy atom. The minimum Gasteiger partial charge on any atom is -0.368 e. The Balaban J connectivity index is 3.58. The molecule has 0 amide bonds. The zero-order valence-corrected chi connectivity index (χ0v) is 14.2. The first kappa shape index (κ1) is 19.3. The monoisotopic (exact) mass is 342 g/mol. The zero-order valence-electron chi connectivity index (χ0n) is 13.3. The predicted octanol–water partition coefficient (Wildman–Crippen LogP) is -1.58. The molecular formula is C9H22N6O6S. The summed E-state index contributed by atoms with van der Waals surface area (Å²) >= 11 is 4.20. The van der Waals surface area contributed by atoms with Crippen molar-refractivity contribution in [1.82, 2.24) is 20.1 Å². The highest BCUT2D eigenvalue weighted by Gasteiger charge is 2.64. The second kappa shape index (κ2) is 7.69. The lowest BCUT2D eigenvalue weighted by Gasteiger charge is -2.54. The molecule has 22 heavy (non-hydrogen) atoms. The quantitative estimate of drug-likeness (QED) is 0.269. The van der Waals surface area contributed by atoms with Crippen LogP contribution in [0.3, 0.4) is 0 Å². The average Bonchev–Trinajstić information content (AvgIpc) is 2.53. The first-order chi connectivity index (χ1) is 10.4. The minimum atomic E-state index is -1.76. The maximum absolute atomic E-state index is 5.93. The minimum absolute atomic E-state index is 0.125. The number of ether oxygens (including phenoxy) is 2. The molecule has 13 heteroatoms. The molecular weight excluding hydrogens is 320 g/mol. The van der Waals surface area contributed by atoms with E-state index in [1.807, 2.05) is 0 Å². The van der Waals surface area contributed by atoms with Gasteiger partial charge in [0, 0.05) is 14.2 Å². The van der Waals surface area contributed by atoms with E-state index in [9.17, 15) is 0 Å². The van der Waals surface area contributed by atoms with Crippen LogP contribution in [0.1, 0.15) is 0 Å². The molecule has 1 aliphatic rings. The summed E-state index contributed by atoms with van der Waals surface area (Å²) in [5.41, 5.74) is 8.45. The number of nitrogens with one attached hydrogen (secondary N) is 1. The lowest BCUT2D eigenvalue weighted by Crippen LogP contribution is -2.80. The molecule has 12 nitrogen and oxygen atoms in total. The molecule has 3 N–H and O–H groups in total. The standard InChI is InChI=1S/C9H22N6O6S/c1-16-8(12-18-3)11-7(10)13(19-4)9(17-2,14(8)20-5)15(22)21-6/h12,22H,1-6H3,(H2,10,11). The number of rotatable bonds is 8. The molecule has 0 bridgehead atoms. The van der Waals surface area contributed by atoms with Crippen LogP contribution in [0.4, 0.5) is 0 Å². The molecule has 1 rings (SSSR count). The van der Waals surface area contributed by atoms with Crippen molar-refractivity contribution in [3.63, 3.8) is 0 Å². The topological polar surface area (TPSA) is 116 Å². The van der Waals surface area contributed by atoms with E-state index in [2.05, 4.69) is 23.3 Å². The molecule has 2 unspecified atom stereocenters. The Morgan fingerprint density at radius 3 is 2.14 bits per heavy atom. The number of guanidine groups is 1. The normalized spacial score (nSPS) is 30.0. The van der Waals surface area contributed by atoms with E-state index in [1.165, 1.54) is 42.7 Å². The van der Waals surface area contributed by atoms with Gasteiger partial charge in [-0.15, -0.1) is 5.48 Å². The van der Waals surface area contributed by atoms with Gasteiger partial charge in [0.1, 0.15) is 0 Å². The summed E-state index contributed by atoms with van der Waals surface area (Å²) in [5, 5.41) is 2.14. The third-order valence-electron chi connectivity index (χ3n) is 2.86. The van der Waals surface area contributed by atoms with Crippen LogP contribution in [-0.4, -0.2) is 75.2 Å². The molecule has 0 saturated heterocycles. The molecule has 0 aromatic rings. The van der Waals surface area contributed by atoms with E-state index in [-0.39, 0.29) is 5.96 Å². The van der Waals surface area contributed by atoms with Gasteiger partial charge in [0.15, 0.2) is 0 Å². The van der Waals surface area contributed by atoms with E-state index < -0.39 is 11.9 Å². The van der Waals surface area contributed by atoms with Gasteiger partial charge in [0.05, 0.1) is 28.4 Å². The molecule has 2 atom stereocenters. The molecule has 1 aliphatic heterocycles. The number of hydrogen-bond donors (Lipinski definition) is 3. The smallest absolute Gasteiger partial charge is 0.350 e. The largest absolute Gasteiger partial charge is 0.368 e. The van der Waals surface area contributed by atoms with E-state index in [1.54, 1.807) is 0 Å². The summed E-state index contributed by atoms with van der Waals surface area (Å²) in [6.07, 6.45) is 0. The highest BCUT2D eigenvalue weighted by Crippen LogP contribution is 2.37. The van der Waals surface area contributed by atoms with Crippen LogP contribution in [0.2, 0.25) is 0 Å². The first-order valence-electron chi connectivity index (χ1n) is 5.91. The van der Waals surface area contributed by atoms with Crippen molar-refractivity contribution in [1.29, 1.82) is 0 Å². The van der Waals surface area contributed by atoms with E-state index in [0.29, 0.717) is 0 Å². The van der Waals surface area contributed by atoms with Crippen LogP contribution in [0, 0.1) is 0 Å². The molecule has 0 saturated carbocycles. The highest BCUT2D eigenvalue weighted by molar-refractivity contribution is 7.77. The molecule has 1 heterocycles.